The van der Waals surface area contributed by atoms with E-state index in [1.807, 2.05) is 6.26 Å². The summed E-state index contributed by atoms with van der Waals surface area (Å²) in [7, 11) is 0. The third kappa shape index (κ3) is 2.67. The molecule has 0 saturated heterocycles. The third-order valence-corrected chi connectivity index (χ3v) is 3.86. The predicted octanol–water partition coefficient (Wildman–Crippen LogP) is 3.76. The Balaban J connectivity index is 2.02. The molecule has 90 valence electrons. The summed E-state index contributed by atoms with van der Waals surface area (Å²) in [5.41, 5.74) is 1.32. The Hall–Kier alpha value is -0.760. The molecule has 0 amide bonds. The smallest absolute Gasteiger partial charge is 0.0950 e. The van der Waals surface area contributed by atoms with E-state index in [0.29, 0.717) is 6.04 Å². The van der Waals surface area contributed by atoms with Crippen LogP contribution in [0.25, 0.3) is 0 Å². The van der Waals surface area contributed by atoms with E-state index in [9.17, 15) is 0 Å². The lowest BCUT2D eigenvalue weighted by Gasteiger charge is -2.32. The molecule has 1 aliphatic carbocycles. The average molecular weight is 221 g/mol. The molecule has 1 aromatic heterocycles. The van der Waals surface area contributed by atoms with E-state index in [2.05, 4.69) is 25.2 Å². The van der Waals surface area contributed by atoms with Gasteiger partial charge in [0.05, 0.1) is 12.5 Å². The number of furan rings is 1. The van der Waals surface area contributed by atoms with E-state index < -0.39 is 0 Å². The predicted molar refractivity (Wildman–Crippen MR) is 66.2 cm³/mol. The Morgan fingerprint density at radius 2 is 2.12 bits per heavy atom. The van der Waals surface area contributed by atoms with Gasteiger partial charge in [0.25, 0.3) is 0 Å². The molecule has 2 heteroatoms. The molecule has 0 radical (unpaired) electrons. The Kier molecular flexibility index (Phi) is 4.05. The van der Waals surface area contributed by atoms with Gasteiger partial charge in [-0.25, -0.2) is 0 Å². The van der Waals surface area contributed by atoms with E-state index >= 15 is 0 Å². The van der Waals surface area contributed by atoms with Crippen molar-refractivity contribution in [3.05, 3.63) is 24.2 Å². The molecule has 0 spiro atoms. The van der Waals surface area contributed by atoms with Crippen LogP contribution in [0, 0.1) is 11.8 Å². The first-order valence-corrected chi connectivity index (χ1v) is 6.56. The first-order valence-electron chi connectivity index (χ1n) is 6.56. The largest absolute Gasteiger partial charge is 0.472 e. The maximum Gasteiger partial charge on any atom is 0.0950 e. The molecule has 1 unspecified atom stereocenters. The summed E-state index contributed by atoms with van der Waals surface area (Å²) in [6.07, 6.45) is 9.14. The molecular weight excluding hydrogens is 198 g/mol. The Morgan fingerprint density at radius 3 is 2.69 bits per heavy atom. The van der Waals surface area contributed by atoms with Crippen LogP contribution >= 0.6 is 0 Å². The molecule has 0 aliphatic heterocycles. The molecule has 1 fully saturated rings. The fourth-order valence-electron chi connectivity index (χ4n) is 2.85. The molecule has 0 bridgehead atoms. The normalized spacial score (nSPS) is 27.9. The van der Waals surface area contributed by atoms with E-state index in [4.69, 9.17) is 4.42 Å². The van der Waals surface area contributed by atoms with Crippen LogP contribution in [0.3, 0.4) is 0 Å². The van der Waals surface area contributed by atoms with Crippen molar-refractivity contribution in [2.45, 2.75) is 45.6 Å². The van der Waals surface area contributed by atoms with E-state index in [1.165, 1.54) is 31.2 Å². The zero-order valence-electron chi connectivity index (χ0n) is 10.4. The van der Waals surface area contributed by atoms with E-state index in [-0.39, 0.29) is 0 Å². The van der Waals surface area contributed by atoms with Crippen LogP contribution in [0.5, 0.6) is 0 Å². The second kappa shape index (κ2) is 5.53. The summed E-state index contributed by atoms with van der Waals surface area (Å²) in [6, 6.07) is 2.60. The number of nitrogens with one attached hydrogen (secondary N) is 1. The molecule has 1 N–H and O–H groups in total. The minimum atomic E-state index is 0.497. The van der Waals surface area contributed by atoms with Gasteiger partial charge in [0.2, 0.25) is 0 Å². The summed E-state index contributed by atoms with van der Waals surface area (Å²) >= 11 is 0. The van der Waals surface area contributed by atoms with Gasteiger partial charge in [-0.05, 0) is 37.3 Å². The molecular formula is C14H23NO. The zero-order valence-corrected chi connectivity index (χ0v) is 10.4. The summed E-state index contributed by atoms with van der Waals surface area (Å²) in [6.45, 7) is 5.58. The standard InChI is InChI=1S/C14H23NO/c1-3-15-14(13-8-9-16-10-13)12-6-4-11(2)5-7-12/h8-12,14-15H,3-7H2,1-2H3. The summed E-state index contributed by atoms with van der Waals surface area (Å²) < 4.78 is 5.21. The van der Waals surface area contributed by atoms with Crippen molar-refractivity contribution < 1.29 is 4.42 Å². The number of hydrogen-bond acceptors (Lipinski definition) is 2. The van der Waals surface area contributed by atoms with Crippen LogP contribution in [-0.2, 0) is 0 Å². The van der Waals surface area contributed by atoms with Crippen molar-refractivity contribution in [3.8, 4) is 0 Å². The Morgan fingerprint density at radius 1 is 1.38 bits per heavy atom. The van der Waals surface area contributed by atoms with Crippen molar-refractivity contribution in [2.24, 2.45) is 11.8 Å². The minimum Gasteiger partial charge on any atom is -0.472 e. The van der Waals surface area contributed by atoms with Gasteiger partial charge in [-0.1, -0.05) is 26.7 Å². The van der Waals surface area contributed by atoms with Crippen molar-refractivity contribution in [1.82, 2.24) is 5.32 Å². The highest BCUT2D eigenvalue weighted by atomic mass is 16.3. The van der Waals surface area contributed by atoms with Gasteiger partial charge in [-0.2, -0.15) is 0 Å². The number of hydrogen-bond donors (Lipinski definition) is 1. The van der Waals surface area contributed by atoms with E-state index in [0.717, 1.165) is 18.4 Å². The highest BCUT2D eigenvalue weighted by molar-refractivity contribution is 5.13. The van der Waals surface area contributed by atoms with Crippen LogP contribution in [0.4, 0.5) is 0 Å². The van der Waals surface area contributed by atoms with Gasteiger partial charge in [0.1, 0.15) is 0 Å². The van der Waals surface area contributed by atoms with Crippen LogP contribution in [0.1, 0.15) is 51.1 Å². The first kappa shape index (κ1) is 11.7. The maximum atomic E-state index is 5.21. The van der Waals surface area contributed by atoms with Crippen molar-refractivity contribution in [1.29, 1.82) is 0 Å². The Bertz CT molecular complexity index is 286. The Labute approximate surface area is 98.4 Å². The fraction of sp³-hybridized carbons (Fsp3) is 0.714. The monoisotopic (exact) mass is 221 g/mol. The van der Waals surface area contributed by atoms with Crippen molar-refractivity contribution in [2.75, 3.05) is 6.54 Å². The SMILES string of the molecule is CCNC(c1ccoc1)C1CCC(C)CC1. The van der Waals surface area contributed by atoms with Crippen molar-refractivity contribution in [3.63, 3.8) is 0 Å². The highest BCUT2D eigenvalue weighted by Gasteiger charge is 2.27. The molecule has 1 heterocycles. The van der Waals surface area contributed by atoms with Gasteiger partial charge < -0.3 is 9.73 Å². The number of rotatable bonds is 4. The van der Waals surface area contributed by atoms with Gasteiger partial charge in [0, 0.05) is 11.6 Å². The van der Waals surface area contributed by atoms with Gasteiger partial charge in [-0.3, -0.25) is 0 Å². The topological polar surface area (TPSA) is 25.2 Å². The van der Waals surface area contributed by atoms with Gasteiger partial charge in [-0.15, -0.1) is 0 Å². The quantitative estimate of drug-likeness (QED) is 0.837. The molecule has 1 saturated carbocycles. The van der Waals surface area contributed by atoms with Crippen LogP contribution in [0.15, 0.2) is 23.0 Å². The zero-order chi connectivity index (χ0) is 11.4. The molecule has 1 aromatic rings. The maximum absolute atomic E-state index is 5.21. The fourth-order valence-corrected chi connectivity index (χ4v) is 2.85. The summed E-state index contributed by atoms with van der Waals surface area (Å²) in [5.74, 6) is 1.71. The lowest BCUT2D eigenvalue weighted by molar-refractivity contribution is 0.232. The average Bonchev–Trinajstić information content (AvgIpc) is 2.81. The first-order chi connectivity index (χ1) is 7.81. The molecule has 1 atom stereocenters. The van der Waals surface area contributed by atoms with Gasteiger partial charge >= 0.3 is 0 Å². The lowest BCUT2D eigenvalue weighted by Crippen LogP contribution is -2.30. The second-order valence-electron chi connectivity index (χ2n) is 5.11. The molecule has 16 heavy (non-hydrogen) atoms. The molecule has 1 aliphatic rings. The highest BCUT2D eigenvalue weighted by Crippen LogP contribution is 2.36. The summed E-state index contributed by atoms with van der Waals surface area (Å²) in [5, 5.41) is 3.61. The molecule has 0 aromatic carbocycles. The summed E-state index contributed by atoms with van der Waals surface area (Å²) in [4.78, 5) is 0. The van der Waals surface area contributed by atoms with E-state index in [1.54, 1.807) is 6.26 Å². The molecule has 2 nitrogen and oxygen atoms in total. The van der Waals surface area contributed by atoms with Crippen LogP contribution in [0.2, 0.25) is 0 Å². The minimum absolute atomic E-state index is 0.497. The van der Waals surface area contributed by atoms with Crippen LogP contribution in [-0.4, -0.2) is 6.54 Å². The lowest BCUT2D eigenvalue weighted by atomic mass is 9.78. The van der Waals surface area contributed by atoms with Crippen LogP contribution < -0.4 is 5.32 Å². The molecule has 2 rings (SSSR count). The third-order valence-electron chi connectivity index (χ3n) is 3.86. The van der Waals surface area contributed by atoms with Crippen molar-refractivity contribution >= 4 is 0 Å². The van der Waals surface area contributed by atoms with Gasteiger partial charge in [0.15, 0.2) is 0 Å². The second-order valence-corrected chi connectivity index (χ2v) is 5.11.